The monoisotopic (exact) mass is 1200 g/mol. The Morgan fingerprint density at radius 1 is 0.250 bits per heavy atom. The molecule has 0 aliphatic heterocycles. The smallest absolute Gasteiger partial charge is 0.212 e. The summed E-state index contributed by atoms with van der Waals surface area (Å²) in [5.74, 6) is 0.373. The predicted molar refractivity (Wildman–Crippen MR) is 365 cm³/mol. The third kappa shape index (κ3) is 37.3. The van der Waals surface area contributed by atoms with E-state index in [1.807, 2.05) is 97.1 Å². The molecule has 8 nitrogen and oxygen atoms in total. The molecule has 0 aromatic heterocycles. The Bertz CT molecular complexity index is 2130. The van der Waals surface area contributed by atoms with E-state index >= 15 is 0 Å². The first-order valence-electron chi connectivity index (χ1n) is 34.8. The Morgan fingerprint density at radius 2 is 0.440 bits per heavy atom. The van der Waals surface area contributed by atoms with Crippen molar-refractivity contribution >= 4 is 20.0 Å². The van der Waals surface area contributed by atoms with E-state index in [9.17, 15) is 16.8 Å². The van der Waals surface area contributed by atoms with Crippen molar-refractivity contribution in [1.82, 2.24) is 20.1 Å². The quantitative estimate of drug-likeness (QED) is 0.0327. The Balaban J connectivity index is 0.000000440. The van der Waals surface area contributed by atoms with Gasteiger partial charge in [-0.25, -0.2) is 26.3 Å². The minimum Gasteiger partial charge on any atom is -0.308 e. The van der Waals surface area contributed by atoms with Crippen LogP contribution >= 0.6 is 0 Å². The molecule has 0 aliphatic rings. The minimum absolute atomic E-state index is 0.134. The zero-order valence-corrected chi connectivity index (χ0v) is 55.6. The fourth-order valence-electron chi connectivity index (χ4n) is 11.6. The molecule has 0 fully saturated rings. The molecule has 476 valence electrons. The van der Waals surface area contributed by atoms with Crippen molar-refractivity contribution in [2.75, 3.05) is 24.6 Å². The number of benzene rings is 4. The van der Waals surface area contributed by atoms with E-state index in [1.54, 1.807) is 0 Å². The summed E-state index contributed by atoms with van der Waals surface area (Å²) >= 11 is 0. The number of nitrogens with one attached hydrogen (secondary N) is 4. The summed E-state index contributed by atoms with van der Waals surface area (Å²) < 4.78 is 59.8. The van der Waals surface area contributed by atoms with Crippen molar-refractivity contribution < 1.29 is 16.8 Å². The summed E-state index contributed by atoms with van der Waals surface area (Å²) in [6, 6.07) is 39.9. The normalized spacial score (nSPS) is 13.3. The molecule has 4 N–H and O–H groups in total. The third-order valence-electron chi connectivity index (χ3n) is 16.7. The summed E-state index contributed by atoms with van der Waals surface area (Å²) in [7, 11) is -6.86. The molecule has 4 rings (SSSR count). The zero-order chi connectivity index (χ0) is 60.3. The number of rotatable bonds is 54. The lowest BCUT2D eigenvalue weighted by atomic mass is 9.94. The molecule has 0 amide bonds. The molecular formula is C74H124N4O4S2. The van der Waals surface area contributed by atoms with E-state index in [-0.39, 0.29) is 35.7 Å². The zero-order valence-electron chi connectivity index (χ0n) is 54.0. The van der Waals surface area contributed by atoms with E-state index in [0.717, 1.165) is 73.9 Å². The lowest BCUT2D eigenvalue weighted by Crippen LogP contribution is -2.39. The molecule has 0 bridgehead atoms. The van der Waals surface area contributed by atoms with Gasteiger partial charge >= 0.3 is 0 Å². The van der Waals surface area contributed by atoms with Crippen molar-refractivity contribution in [3.05, 3.63) is 144 Å². The highest BCUT2D eigenvalue weighted by Gasteiger charge is 2.30. The van der Waals surface area contributed by atoms with Gasteiger partial charge in [-0.05, 0) is 61.0 Å². The molecule has 84 heavy (non-hydrogen) atoms. The summed E-state index contributed by atoms with van der Waals surface area (Å²) in [4.78, 5) is 0. The van der Waals surface area contributed by atoms with Crippen LogP contribution in [0.5, 0.6) is 0 Å². The van der Waals surface area contributed by atoms with Crippen LogP contribution in [0.1, 0.15) is 318 Å². The molecule has 10 heteroatoms. The summed E-state index contributed by atoms with van der Waals surface area (Å²) in [6.45, 7) is 10.8. The van der Waals surface area contributed by atoms with E-state index in [4.69, 9.17) is 0 Å². The Kier molecular flexibility index (Phi) is 45.1. The number of hydrogen-bond donors (Lipinski definition) is 4. The molecule has 0 saturated carbocycles. The van der Waals surface area contributed by atoms with Crippen LogP contribution in [-0.4, -0.2) is 41.4 Å². The van der Waals surface area contributed by atoms with Crippen LogP contribution < -0.4 is 20.1 Å². The number of sulfonamides is 2. The van der Waals surface area contributed by atoms with E-state index in [1.165, 1.54) is 193 Å². The largest absolute Gasteiger partial charge is 0.308 e. The van der Waals surface area contributed by atoms with Gasteiger partial charge in [-0.2, -0.15) is 0 Å². The highest BCUT2D eigenvalue weighted by Crippen LogP contribution is 2.32. The Labute approximate surface area is 518 Å². The predicted octanol–water partition coefficient (Wildman–Crippen LogP) is 20.9. The first-order chi connectivity index (χ1) is 41.1. The highest BCUT2D eigenvalue weighted by atomic mass is 32.2. The maximum Gasteiger partial charge on any atom is 0.212 e. The Hall–Kier alpha value is -3.38. The van der Waals surface area contributed by atoms with Crippen molar-refractivity contribution in [1.29, 1.82) is 0 Å². The van der Waals surface area contributed by atoms with Gasteiger partial charge in [0, 0.05) is 0 Å². The van der Waals surface area contributed by atoms with Gasteiger partial charge in [0.1, 0.15) is 0 Å². The molecular weight excluding hydrogens is 1070 g/mol. The van der Waals surface area contributed by atoms with Gasteiger partial charge < -0.3 is 10.6 Å². The van der Waals surface area contributed by atoms with Gasteiger partial charge in [-0.15, -0.1) is 0 Å². The van der Waals surface area contributed by atoms with Crippen LogP contribution in [0.2, 0.25) is 0 Å². The molecule has 0 spiro atoms. The molecule has 0 unspecified atom stereocenters. The minimum atomic E-state index is -3.43. The third-order valence-corrected chi connectivity index (χ3v) is 19.6. The first kappa shape index (κ1) is 74.9. The van der Waals surface area contributed by atoms with Gasteiger partial charge in [0.25, 0.3) is 0 Å². The van der Waals surface area contributed by atoms with Crippen LogP contribution in [0.25, 0.3) is 0 Å². The maximum atomic E-state index is 13.4. The first-order valence-corrected chi connectivity index (χ1v) is 38.1. The SMILES string of the molecule is CCCCCCCCCCCCN[C@@H](c1ccccc1)[C@@H](NS(=O)(=O)CCCCCCCCCCC)c1ccccc1.CCCCCCCCCCCCN[C@H](c1ccccc1)[C@H](NS(=O)(=O)CCCCCCCCCCC)c1ccccc1. The molecule has 0 saturated heterocycles. The van der Waals surface area contributed by atoms with Crippen LogP contribution in [0, 0.1) is 0 Å². The average Bonchev–Trinajstić information content (AvgIpc) is 3.20. The van der Waals surface area contributed by atoms with Gasteiger partial charge in [-0.3, -0.25) is 0 Å². The van der Waals surface area contributed by atoms with Gasteiger partial charge in [-0.1, -0.05) is 367 Å². The molecule has 0 radical (unpaired) electrons. The van der Waals surface area contributed by atoms with Crippen molar-refractivity contribution in [2.24, 2.45) is 0 Å². The van der Waals surface area contributed by atoms with Crippen molar-refractivity contribution in [3.63, 3.8) is 0 Å². The van der Waals surface area contributed by atoms with Crippen LogP contribution in [0.4, 0.5) is 0 Å². The fraction of sp³-hybridized carbons (Fsp3) is 0.676. The van der Waals surface area contributed by atoms with Gasteiger partial charge in [0.2, 0.25) is 20.0 Å². The second-order valence-electron chi connectivity index (χ2n) is 24.4. The number of hydrogen-bond acceptors (Lipinski definition) is 6. The maximum absolute atomic E-state index is 13.4. The Morgan fingerprint density at radius 3 is 0.667 bits per heavy atom. The molecule has 4 atom stereocenters. The standard InChI is InChI=1S/2C37H62N2O2S/c2*1-3-5-7-9-11-13-14-16-18-26-32-38-36(34-28-22-20-23-29-34)37(35-30-24-21-25-31-35)39-42(40,41)33-27-19-17-15-12-10-8-6-4-2/h2*20-25,28-31,36-39H,3-19,26-27,32-33H2,1-2H3/t2*36-,37-/m10/s1. The summed E-state index contributed by atoms with van der Waals surface area (Å²) in [5, 5.41) is 7.52. The fourth-order valence-corrected chi connectivity index (χ4v) is 14.3. The summed E-state index contributed by atoms with van der Waals surface area (Å²) in [6.07, 6.45) is 47.2. The highest BCUT2D eigenvalue weighted by molar-refractivity contribution is 7.89. The van der Waals surface area contributed by atoms with Gasteiger partial charge in [0.15, 0.2) is 0 Å². The van der Waals surface area contributed by atoms with Crippen LogP contribution in [0.15, 0.2) is 121 Å². The lowest BCUT2D eigenvalue weighted by molar-refractivity contribution is 0.414. The molecule has 4 aromatic carbocycles. The van der Waals surface area contributed by atoms with Crippen LogP contribution in [-0.2, 0) is 20.0 Å². The van der Waals surface area contributed by atoms with E-state index in [2.05, 4.69) is 72.0 Å². The van der Waals surface area contributed by atoms with Gasteiger partial charge in [0.05, 0.1) is 35.7 Å². The summed E-state index contributed by atoms with van der Waals surface area (Å²) in [5.41, 5.74) is 4.23. The van der Waals surface area contributed by atoms with Crippen LogP contribution in [0.3, 0.4) is 0 Å². The van der Waals surface area contributed by atoms with Crippen molar-refractivity contribution in [2.45, 2.75) is 296 Å². The van der Waals surface area contributed by atoms with E-state index in [0.29, 0.717) is 12.8 Å². The molecule has 4 aromatic rings. The van der Waals surface area contributed by atoms with E-state index < -0.39 is 20.0 Å². The van der Waals surface area contributed by atoms with Crippen molar-refractivity contribution in [3.8, 4) is 0 Å². The topological polar surface area (TPSA) is 116 Å². The molecule has 0 heterocycles. The molecule has 0 aliphatic carbocycles. The lowest BCUT2D eigenvalue weighted by Gasteiger charge is -2.30. The second kappa shape index (κ2) is 50.6. The second-order valence-corrected chi connectivity index (χ2v) is 28.1. The number of unbranched alkanes of at least 4 members (excludes halogenated alkanes) is 34. The average molecular weight is 1200 g/mol.